The highest BCUT2D eigenvalue weighted by molar-refractivity contribution is 5.84. The molecule has 1 amide bonds. The molecule has 21 heavy (non-hydrogen) atoms. The molecule has 1 saturated carbocycles. The average molecular weight is 298 g/mol. The van der Waals surface area contributed by atoms with E-state index in [0.717, 1.165) is 12.8 Å². The van der Waals surface area contributed by atoms with E-state index in [9.17, 15) is 9.59 Å². The lowest BCUT2D eigenvalue weighted by Crippen LogP contribution is -2.55. The van der Waals surface area contributed by atoms with Crippen molar-refractivity contribution in [3.63, 3.8) is 0 Å². The number of carbonyl (C=O) groups is 2. The van der Waals surface area contributed by atoms with Gasteiger partial charge in [-0.3, -0.25) is 9.59 Å². The second-order valence-electron chi connectivity index (χ2n) is 7.46. The van der Waals surface area contributed by atoms with Crippen LogP contribution in [0.25, 0.3) is 0 Å². The summed E-state index contributed by atoms with van der Waals surface area (Å²) in [6.07, 6.45) is 4.59. The molecule has 0 heterocycles. The van der Waals surface area contributed by atoms with Gasteiger partial charge in [-0.15, -0.1) is 0 Å². The number of hydrogen-bond acceptors (Lipinski definition) is 3. The number of amides is 1. The van der Waals surface area contributed by atoms with Crippen molar-refractivity contribution < 1.29 is 14.7 Å². The van der Waals surface area contributed by atoms with Crippen molar-refractivity contribution in [3.05, 3.63) is 0 Å². The standard InChI is InChI=1S/C16H30N2O3/c1-12-7-6-8-16(9-12,18(4)5)11-17-13(19)10-15(2,3)14(20)21/h12H,6-11H2,1-5H3,(H,17,19)(H,20,21). The maximum Gasteiger partial charge on any atom is 0.309 e. The minimum atomic E-state index is -1.02. The Balaban J connectivity index is 2.62. The quantitative estimate of drug-likeness (QED) is 0.788. The first-order valence-electron chi connectivity index (χ1n) is 7.77. The van der Waals surface area contributed by atoms with Gasteiger partial charge >= 0.3 is 5.97 Å². The predicted octanol–water partition coefficient (Wildman–Crippen LogP) is 2.11. The molecule has 0 saturated heterocycles. The molecule has 2 N–H and O–H groups in total. The molecule has 0 spiro atoms. The molecule has 5 nitrogen and oxygen atoms in total. The van der Waals surface area contributed by atoms with Gasteiger partial charge in [0.2, 0.25) is 5.91 Å². The van der Waals surface area contributed by atoms with Crippen LogP contribution in [0.3, 0.4) is 0 Å². The fourth-order valence-electron chi connectivity index (χ4n) is 3.16. The number of carboxylic acids is 1. The summed E-state index contributed by atoms with van der Waals surface area (Å²) < 4.78 is 0. The topological polar surface area (TPSA) is 69.6 Å². The maximum absolute atomic E-state index is 12.1. The van der Waals surface area contributed by atoms with Crippen LogP contribution < -0.4 is 5.32 Å². The van der Waals surface area contributed by atoms with Crippen molar-refractivity contribution in [2.45, 2.75) is 58.4 Å². The third kappa shape index (κ3) is 4.70. The summed E-state index contributed by atoms with van der Waals surface area (Å²) in [5.41, 5.74) is -1.02. The summed E-state index contributed by atoms with van der Waals surface area (Å²) in [7, 11) is 4.12. The van der Waals surface area contributed by atoms with Gasteiger partial charge < -0.3 is 15.3 Å². The van der Waals surface area contributed by atoms with Crippen molar-refractivity contribution in [1.29, 1.82) is 0 Å². The monoisotopic (exact) mass is 298 g/mol. The number of likely N-dealkylation sites (N-methyl/N-ethyl adjacent to an activating group) is 1. The van der Waals surface area contributed by atoms with Gasteiger partial charge in [-0.25, -0.2) is 0 Å². The molecule has 0 aromatic carbocycles. The van der Waals surface area contributed by atoms with E-state index in [2.05, 4.69) is 31.2 Å². The van der Waals surface area contributed by atoms with Gasteiger partial charge in [0.05, 0.1) is 5.41 Å². The van der Waals surface area contributed by atoms with Crippen molar-refractivity contribution in [2.75, 3.05) is 20.6 Å². The normalized spacial score (nSPS) is 26.7. The number of aliphatic carboxylic acids is 1. The van der Waals surface area contributed by atoms with E-state index >= 15 is 0 Å². The lowest BCUT2D eigenvalue weighted by atomic mass is 9.75. The Bertz CT molecular complexity index is 393. The van der Waals surface area contributed by atoms with Gasteiger partial charge in [0.15, 0.2) is 0 Å². The highest BCUT2D eigenvalue weighted by atomic mass is 16.4. The molecule has 1 fully saturated rings. The summed E-state index contributed by atoms with van der Waals surface area (Å²) >= 11 is 0. The highest BCUT2D eigenvalue weighted by Crippen LogP contribution is 2.35. The zero-order valence-electron chi connectivity index (χ0n) is 14.0. The lowest BCUT2D eigenvalue weighted by Gasteiger charge is -2.45. The molecule has 0 aliphatic heterocycles. The summed E-state index contributed by atoms with van der Waals surface area (Å²) in [5, 5.41) is 12.1. The van der Waals surface area contributed by atoms with E-state index < -0.39 is 11.4 Å². The number of rotatable bonds is 6. The van der Waals surface area contributed by atoms with Crippen molar-refractivity contribution >= 4 is 11.9 Å². The third-order valence-electron chi connectivity index (χ3n) is 4.81. The SMILES string of the molecule is CC1CCCC(CNC(=O)CC(C)(C)C(=O)O)(N(C)C)C1. The van der Waals surface area contributed by atoms with Crippen molar-refractivity contribution in [1.82, 2.24) is 10.2 Å². The Hall–Kier alpha value is -1.10. The lowest BCUT2D eigenvalue weighted by molar-refractivity contribution is -0.149. The van der Waals surface area contributed by atoms with Crippen molar-refractivity contribution in [2.24, 2.45) is 11.3 Å². The zero-order chi connectivity index (χ0) is 16.3. The van der Waals surface area contributed by atoms with E-state index in [1.807, 2.05) is 0 Å². The maximum atomic E-state index is 12.1. The van der Waals surface area contributed by atoms with Crippen LogP contribution in [-0.2, 0) is 9.59 Å². The predicted molar refractivity (Wildman–Crippen MR) is 83.1 cm³/mol. The van der Waals surface area contributed by atoms with E-state index in [4.69, 9.17) is 5.11 Å². The van der Waals surface area contributed by atoms with Gasteiger partial charge in [-0.2, -0.15) is 0 Å². The molecule has 1 aliphatic carbocycles. The molecule has 0 bridgehead atoms. The van der Waals surface area contributed by atoms with E-state index in [-0.39, 0.29) is 17.9 Å². The van der Waals surface area contributed by atoms with Crippen molar-refractivity contribution in [3.8, 4) is 0 Å². The first kappa shape index (κ1) is 18.0. The second-order valence-corrected chi connectivity index (χ2v) is 7.46. The molecule has 2 unspecified atom stereocenters. The molecular formula is C16H30N2O3. The Kier molecular flexibility index (Phi) is 5.79. The highest BCUT2D eigenvalue weighted by Gasteiger charge is 2.38. The van der Waals surface area contributed by atoms with Gasteiger partial charge in [-0.1, -0.05) is 19.8 Å². The molecule has 122 valence electrons. The molecule has 5 heteroatoms. The van der Waals surface area contributed by atoms with E-state index in [1.54, 1.807) is 13.8 Å². The minimum Gasteiger partial charge on any atom is -0.481 e. The average Bonchev–Trinajstić information content (AvgIpc) is 2.35. The first-order valence-corrected chi connectivity index (χ1v) is 7.77. The zero-order valence-corrected chi connectivity index (χ0v) is 14.0. The fourth-order valence-corrected chi connectivity index (χ4v) is 3.16. The largest absolute Gasteiger partial charge is 0.481 e. The Morgan fingerprint density at radius 1 is 1.38 bits per heavy atom. The van der Waals surface area contributed by atoms with Crippen LogP contribution in [0.1, 0.15) is 52.9 Å². The van der Waals surface area contributed by atoms with Gasteiger partial charge in [0.1, 0.15) is 0 Å². The number of carbonyl (C=O) groups excluding carboxylic acids is 1. The van der Waals surface area contributed by atoms with Crippen LogP contribution in [0.15, 0.2) is 0 Å². The summed E-state index contributed by atoms with van der Waals surface area (Å²) in [6.45, 7) is 6.02. The summed E-state index contributed by atoms with van der Waals surface area (Å²) in [6, 6.07) is 0. The molecule has 0 radical (unpaired) electrons. The van der Waals surface area contributed by atoms with Gasteiger partial charge in [0.25, 0.3) is 0 Å². The number of nitrogens with zero attached hydrogens (tertiary/aromatic N) is 1. The summed E-state index contributed by atoms with van der Waals surface area (Å²) in [5.74, 6) is -0.457. The van der Waals surface area contributed by atoms with Crippen LogP contribution >= 0.6 is 0 Å². The second kappa shape index (κ2) is 6.77. The molecule has 0 aromatic heterocycles. The van der Waals surface area contributed by atoms with Crippen LogP contribution in [0.4, 0.5) is 0 Å². The molecule has 1 aliphatic rings. The third-order valence-corrected chi connectivity index (χ3v) is 4.81. The fraction of sp³-hybridized carbons (Fsp3) is 0.875. The first-order chi connectivity index (χ1) is 9.59. The van der Waals surface area contributed by atoms with E-state index in [0.29, 0.717) is 12.5 Å². The minimum absolute atomic E-state index is 0.000688. The van der Waals surface area contributed by atoms with Crippen LogP contribution in [0, 0.1) is 11.3 Å². The van der Waals surface area contributed by atoms with E-state index in [1.165, 1.54) is 12.8 Å². The molecule has 1 rings (SSSR count). The van der Waals surface area contributed by atoms with Gasteiger partial charge in [-0.05, 0) is 46.7 Å². The number of nitrogens with one attached hydrogen (secondary N) is 1. The number of hydrogen-bond donors (Lipinski definition) is 2. The molecule has 0 aromatic rings. The Labute approximate surface area is 128 Å². The molecule has 2 atom stereocenters. The van der Waals surface area contributed by atoms with Crippen LogP contribution in [0.2, 0.25) is 0 Å². The molecular weight excluding hydrogens is 268 g/mol. The van der Waals surface area contributed by atoms with Crippen LogP contribution in [-0.4, -0.2) is 48.1 Å². The van der Waals surface area contributed by atoms with Crippen LogP contribution in [0.5, 0.6) is 0 Å². The summed E-state index contributed by atoms with van der Waals surface area (Å²) in [4.78, 5) is 25.4. The van der Waals surface area contributed by atoms with Gasteiger partial charge in [0, 0.05) is 18.5 Å². The Morgan fingerprint density at radius 2 is 2.00 bits per heavy atom. The number of carboxylic acid groups (broad SMARTS) is 1. The Morgan fingerprint density at radius 3 is 2.48 bits per heavy atom. The smallest absolute Gasteiger partial charge is 0.309 e.